The van der Waals surface area contributed by atoms with E-state index in [-0.39, 0.29) is 24.1 Å². The number of rotatable bonds is 6. The molecule has 1 saturated heterocycles. The molecule has 218 valence electrons. The Bertz CT molecular complexity index is 1470. The minimum absolute atomic E-state index is 0.0401. The molecule has 0 N–H and O–H groups in total. The van der Waals surface area contributed by atoms with E-state index in [0.29, 0.717) is 29.2 Å². The zero-order valence-electron chi connectivity index (χ0n) is 22.9. The number of hydrogen-bond acceptors (Lipinski definition) is 5. The summed E-state index contributed by atoms with van der Waals surface area (Å²) in [6.07, 6.45) is -3.67. The van der Waals surface area contributed by atoms with Gasteiger partial charge in [-0.25, -0.2) is 8.78 Å². The minimum atomic E-state index is -4.63. The molecule has 2 aliphatic heterocycles. The van der Waals surface area contributed by atoms with Gasteiger partial charge in [0.25, 0.3) is 5.91 Å². The summed E-state index contributed by atoms with van der Waals surface area (Å²) >= 11 is 0. The van der Waals surface area contributed by atoms with Crippen molar-refractivity contribution in [3.8, 4) is 0 Å². The van der Waals surface area contributed by atoms with Gasteiger partial charge in [0.2, 0.25) is 5.92 Å². The molecule has 6 rings (SSSR count). The molecule has 0 spiro atoms. The van der Waals surface area contributed by atoms with Crippen molar-refractivity contribution in [2.75, 3.05) is 38.1 Å². The lowest BCUT2D eigenvalue weighted by molar-refractivity contribution is -0.138. The molecule has 0 atom stereocenters. The number of halogens is 5. The summed E-state index contributed by atoms with van der Waals surface area (Å²) < 4.78 is 72.9. The van der Waals surface area contributed by atoms with Crippen molar-refractivity contribution in [3.05, 3.63) is 76.4 Å². The van der Waals surface area contributed by atoms with Crippen LogP contribution in [0.2, 0.25) is 0 Å². The lowest BCUT2D eigenvalue weighted by atomic mass is 9.60. The Morgan fingerprint density at radius 1 is 1.00 bits per heavy atom. The number of carbonyl (C=O) groups excluding carboxylic acids is 1. The third kappa shape index (κ3) is 5.23. The van der Waals surface area contributed by atoms with Crippen LogP contribution in [0.25, 0.3) is 0 Å². The molecule has 0 radical (unpaired) electrons. The Kier molecular flexibility index (Phi) is 6.68. The van der Waals surface area contributed by atoms with E-state index >= 15 is 0 Å². The molecule has 41 heavy (non-hydrogen) atoms. The van der Waals surface area contributed by atoms with Gasteiger partial charge in [-0.3, -0.25) is 9.69 Å². The van der Waals surface area contributed by atoms with Crippen LogP contribution in [0.15, 0.2) is 42.7 Å². The average Bonchev–Trinajstić information content (AvgIpc) is 3.45. The van der Waals surface area contributed by atoms with Crippen molar-refractivity contribution in [1.82, 2.24) is 24.6 Å². The van der Waals surface area contributed by atoms with Gasteiger partial charge in [0.1, 0.15) is 12.2 Å². The maximum absolute atomic E-state index is 14.3. The summed E-state index contributed by atoms with van der Waals surface area (Å²) in [7, 11) is 3.75. The molecular weight excluding hydrogens is 543 g/mol. The molecule has 3 aliphatic rings. The zero-order chi connectivity index (χ0) is 29.2. The lowest BCUT2D eigenvalue weighted by Gasteiger charge is -2.48. The monoisotopic (exact) mass is 574 g/mol. The van der Waals surface area contributed by atoms with Gasteiger partial charge < -0.3 is 14.4 Å². The van der Waals surface area contributed by atoms with Gasteiger partial charge in [0.15, 0.2) is 0 Å². The molecule has 7 nitrogen and oxygen atoms in total. The second kappa shape index (κ2) is 9.87. The number of aromatic nitrogens is 3. The Morgan fingerprint density at radius 2 is 1.73 bits per heavy atom. The van der Waals surface area contributed by atoms with Crippen molar-refractivity contribution in [1.29, 1.82) is 0 Å². The van der Waals surface area contributed by atoms with Gasteiger partial charge in [-0.05, 0) is 48.0 Å². The van der Waals surface area contributed by atoms with E-state index in [9.17, 15) is 26.7 Å². The quantitative estimate of drug-likeness (QED) is 0.402. The number of piperazine rings is 1. The Morgan fingerprint density at radius 3 is 2.37 bits per heavy atom. The highest BCUT2D eigenvalue weighted by Crippen LogP contribution is 2.55. The normalized spacial score (nSPS) is 20.8. The van der Waals surface area contributed by atoms with E-state index in [1.165, 1.54) is 11.2 Å². The summed E-state index contributed by atoms with van der Waals surface area (Å²) in [5.74, 6) is -2.81. The number of fused-ring (bicyclic) bond motifs is 1. The molecule has 0 unspecified atom stereocenters. The Labute approximate surface area is 234 Å². The van der Waals surface area contributed by atoms with Crippen LogP contribution < -0.4 is 4.90 Å². The number of hydrogen-bond donors (Lipinski definition) is 0. The Hall–Kier alpha value is -3.38. The van der Waals surface area contributed by atoms with E-state index in [1.807, 2.05) is 7.05 Å². The second-order valence-electron chi connectivity index (χ2n) is 11.7. The summed E-state index contributed by atoms with van der Waals surface area (Å²) in [4.78, 5) is 19.2. The van der Waals surface area contributed by atoms with Crippen molar-refractivity contribution in [2.45, 2.75) is 49.9 Å². The van der Waals surface area contributed by atoms with Crippen LogP contribution in [0.5, 0.6) is 0 Å². The number of nitrogens with zero attached hydrogens (tertiary/aromatic N) is 6. The fourth-order valence-corrected chi connectivity index (χ4v) is 6.43. The second-order valence-corrected chi connectivity index (χ2v) is 11.7. The molecule has 1 saturated carbocycles. The molecular formula is C29H31F5N6O. The maximum atomic E-state index is 14.3. The number of benzene rings is 2. The predicted molar refractivity (Wildman–Crippen MR) is 142 cm³/mol. The van der Waals surface area contributed by atoms with Gasteiger partial charge in [-0.15, -0.1) is 10.2 Å². The molecule has 2 fully saturated rings. The number of anilines is 1. The van der Waals surface area contributed by atoms with Crippen LogP contribution in [-0.2, 0) is 38.1 Å². The molecule has 12 heteroatoms. The zero-order valence-corrected chi connectivity index (χ0v) is 22.9. The van der Waals surface area contributed by atoms with Crippen LogP contribution in [0.4, 0.5) is 27.6 Å². The fourth-order valence-electron chi connectivity index (χ4n) is 6.43. The van der Waals surface area contributed by atoms with E-state index in [1.54, 1.807) is 41.9 Å². The first-order chi connectivity index (χ1) is 19.3. The van der Waals surface area contributed by atoms with Crippen molar-refractivity contribution in [3.63, 3.8) is 0 Å². The number of alkyl halides is 5. The average molecular weight is 575 g/mol. The van der Waals surface area contributed by atoms with Gasteiger partial charge in [-0.2, -0.15) is 13.2 Å². The molecule has 0 bridgehead atoms. The number of amides is 1. The van der Waals surface area contributed by atoms with Crippen molar-refractivity contribution >= 4 is 11.6 Å². The third-order valence-electron chi connectivity index (χ3n) is 8.67. The van der Waals surface area contributed by atoms with Crippen LogP contribution >= 0.6 is 0 Å². The van der Waals surface area contributed by atoms with Crippen molar-refractivity contribution < 1.29 is 26.7 Å². The molecule has 2 aromatic carbocycles. The van der Waals surface area contributed by atoms with E-state index < -0.39 is 41.8 Å². The molecule has 1 aromatic heterocycles. The highest BCUT2D eigenvalue weighted by molar-refractivity contribution is 6.10. The fraction of sp³-hybridized carbons (Fsp3) is 0.483. The first kappa shape index (κ1) is 27.8. The van der Waals surface area contributed by atoms with Crippen LogP contribution in [0.1, 0.15) is 51.3 Å². The summed E-state index contributed by atoms with van der Waals surface area (Å²) in [5.41, 5.74) is -0.322. The van der Waals surface area contributed by atoms with Gasteiger partial charge in [0, 0.05) is 75.7 Å². The first-order valence-corrected chi connectivity index (χ1v) is 13.6. The topological polar surface area (TPSA) is 57.5 Å². The largest absolute Gasteiger partial charge is 0.416 e. The smallest absolute Gasteiger partial charge is 0.321 e. The maximum Gasteiger partial charge on any atom is 0.416 e. The highest BCUT2D eigenvalue weighted by Gasteiger charge is 2.57. The number of aryl methyl sites for hydroxylation is 1. The molecule has 1 amide bonds. The minimum Gasteiger partial charge on any atom is -0.321 e. The summed E-state index contributed by atoms with van der Waals surface area (Å²) in [5, 5.41) is 7.93. The standard InChI is InChI=1S/C29H31F5N6O/c1-37-6-8-39(9-7-37)14-19-10-22-23(24(11-19)29(32,33)34)15-40(26(22)41)21-5-3-4-20(12-21)27(16-28(30,31)17-27)13-25-36-35-18-38(25)2/h3-5,10-12,18H,6-9,13-17H2,1-2H3. The van der Waals surface area contributed by atoms with Crippen LogP contribution in [0, 0.1) is 0 Å². The first-order valence-electron chi connectivity index (χ1n) is 13.6. The number of carbonyl (C=O) groups is 1. The SMILES string of the molecule is CN1CCN(Cc2cc3c(c(C(F)(F)F)c2)CN(c2cccc(C4(Cc5nncn5C)CC(F)(F)C4)c2)C3=O)CC1. The molecule has 3 heterocycles. The van der Waals surface area contributed by atoms with Gasteiger partial charge in [0.05, 0.1) is 12.1 Å². The summed E-state index contributed by atoms with van der Waals surface area (Å²) in [6, 6.07) is 9.44. The van der Waals surface area contributed by atoms with Crippen LogP contribution in [0.3, 0.4) is 0 Å². The highest BCUT2D eigenvalue weighted by atomic mass is 19.4. The molecule has 3 aromatic rings. The summed E-state index contributed by atoms with van der Waals surface area (Å²) in [6.45, 7) is 3.20. The van der Waals surface area contributed by atoms with Crippen molar-refractivity contribution in [2.24, 2.45) is 7.05 Å². The van der Waals surface area contributed by atoms with Gasteiger partial charge in [-0.1, -0.05) is 12.1 Å². The van der Waals surface area contributed by atoms with Gasteiger partial charge >= 0.3 is 6.18 Å². The predicted octanol–water partition coefficient (Wildman–Crippen LogP) is 4.65. The third-order valence-corrected chi connectivity index (χ3v) is 8.67. The molecule has 1 aliphatic carbocycles. The lowest BCUT2D eigenvalue weighted by Crippen LogP contribution is -2.51. The van der Waals surface area contributed by atoms with Crippen LogP contribution in [-0.4, -0.2) is 69.6 Å². The Balaban J connectivity index is 1.31. The van der Waals surface area contributed by atoms with E-state index in [2.05, 4.69) is 20.0 Å². The van der Waals surface area contributed by atoms with E-state index in [4.69, 9.17) is 0 Å². The van der Waals surface area contributed by atoms with E-state index in [0.717, 1.165) is 32.2 Å². The number of likely N-dealkylation sites (N-methyl/N-ethyl adjacent to an activating group) is 1.